The summed E-state index contributed by atoms with van der Waals surface area (Å²) in [5.41, 5.74) is 3.00. The van der Waals surface area contributed by atoms with Crippen LogP contribution in [0.2, 0.25) is 0 Å². The fraction of sp³-hybridized carbons (Fsp3) is 0.500. The monoisotopic (exact) mass is 416 g/mol. The molecule has 29 heavy (non-hydrogen) atoms. The number of fused-ring (bicyclic) bond motifs is 1. The van der Waals surface area contributed by atoms with Crippen molar-refractivity contribution >= 4 is 12.0 Å². The van der Waals surface area contributed by atoms with E-state index in [9.17, 15) is 22.9 Å². The minimum Gasteiger partial charge on any atom is -0.475 e. The molecule has 11 heteroatoms. The number of benzene rings is 1. The van der Waals surface area contributed by atoms with Crippen LogP contribution < -0.4 is 10.3 Å². The van der Waals surface area contributed by atoms with Gasteiger partial charge in [0.2, 0.25) is 12.4 Å². The van der Waals surface area contributed by atoms with E-state index in [0.29, 0.717) is 29.2 Å². The average molecular weight is 416 g/mol. The number of hydrogen-bond donors (Lipinski definition) is 1. The Hall–Kier alpha value is -2.82. The molecule has 1 aromatic carbocycles. The molecule has 1 unspecified atom stereocenters. The van der Waals surface area contributed by atoms with Crippen LogP contribution in [0.1, 0.15) is 30.0 Å². The lowest BCUT2D eigenvalue weighted by molar-refractivity contribution is -0.801. The van der Waals surface area contributed by atoms with Crippen LogP contribution in [0.4, 0.5) is 13.2 Å². The van der Waals surface area contributed by atoms with Gasteiger partial charge >= 0.3 is 12.1 Å². The highest BCUT2D eigenvalue weighted by atomic mass is 19.4. The summed E-state index contributed by atoms with van der Waals surface area (Å²) in [6.45, 7) is 5.77. The summed E-state index contributed by atoms with van der Waals surface area (Å²) in [6, 6.07) is 3.31. The quantitative estimate of drug-likeness (QED) is 0.331. The minimum absolute atomic E-state index is 0.0667. The summed E-state index contributed by atoms with van der Waals surface area (Å²) < 4.78 is 50.6. The Balaban J connectivity index is 1.74. The second-order valence-electron chi connectivity index (χ2n) is 6.90. The Morgan fingerprint density at radius 2 is 2.03 bits per heavy atom. The van der Waals surface area contributed by atoms with Gasteiger partial charge in [0.25, 0.3) is 4.98 Å². The van der Waals surface area contributed by atoms with Crippen molar-refractivity contribution in [1.82, 2.24) is 10.6 Å². The molecule has 0 aromatic heterocycles. The molecule has 0 amide bonds. The first-order valence-corrected chi connectivity index (χ1v) is 8.97. The van der Waals surface area contributed by atoms with Crippen LogP contribution >= 0.6 is 0 Å². The number of nitroso groups, excluding NO2 is 1. The first kappa shape index (κ1) is 20.9. The van der Waals surface area contributed by atoms with E-state index in [-0.39, 0.29) is 5.75 Å². The van der Waals surface area contributed by atoms with Crippen LogP contribution in [0.3, 0.4) is 0 Å². The standard InChI is InChI=1S/C18H21F3N3O5/c1-10-7-11(2)15-13(8-10)9-14(16(28-15)18(19,20)21)17(25)27-12(3)29-22-24(26)23-5-4-6-23/h7-9,12,16H,4-6H2,1-3H3,(H,22,26)/q+1/t12?,16-/m0/s1. The third-order valence-corrected chi connectivity index (χ3v) is 4.47. The number of ether oxygens (including phenoxy) is 2. The van der Waals surface area contributed by atoms with Crippen molar-refractivity contribution in [3.63, 3.8) is 0 Å². The largest absolute Gasteiger partial charge is 0.475 e. The number of esters is 1. The van der Waals surface area contributed by atoms with E-state index in [1.54, 1.807) is 26.0 Å². The topological polar surface area (TPSA) is 80.1 Å². The van der Waals surface area contributed by atoms with Crippen LogP contribution in [0.25, 0.3) is 6.08 Å². The molecule has 0 saturated carbocycles. The molecule has 1 N–H and O–H groups in total. The van der Waals surface area contributed by atoms with Gasteiger partial charge in [0.15, 0.2) is 0 Å². The number of hydrogen-bond acceptors (Lipinski definition) is 5. The number of aryl methyl sites for hydroxylation is 2. The van der Waals surface area contributed by atoms with Gasteiger partial charge in [0.1, 0.15) is 5.75 Å². The van der Waals surface area contributed by atoms with Crippen molar-refractivity contribution in [3.05, 3.63) is 39.3 Å². The molecule has 1 fully saturated rings. The number of alkyl halides is 3. The van der Waals surface area contributed by atoms with E-state index in [1.807, 2.05) is 5.59 Å². The molecule has 1 saturated heterocycles. The zero-order chi connectivity index (χ0) is 21.3. The predicted octanol–water partition coefficient (Wildman–Crippen LogP) is 2.74. The molecular formula is C18H21F3N3O5+. The molecule has 2 atom stereocenters. The van der Waals surface area contributed by atoms with E-state index < -0.39 is 30.1 Å². The molecule has 0 bridgehead atoms. The first-order valence-electron chi connectivity index (χ1n) is 8.97. The number of carbonyl (C=O) groups excluding carboxylic acids is 1. The Morgan fingerprint density at radius 1 is 1.34 bits per heavy atom. The zero-order valence-corrected chi connectivity index (χ0v) is 16.1. The molecular weight excluding hydrogens is 395 g/mol. The lowest BCUT2D eigenvalue weighted by atomic mass is 9.97. The molecule has 0 spiro atoms. The van der Waals surface area contributed by atoms with E-state index in [1.165, 1.54) is 11.9 Å². The number of halogens is 3. The van der Waals surface area contributed by atoms with Crippen molar-refractivity contribution in [2.75, 3.05) is 13.1 Å². The third kappa shape index (κ3) is 4.61. The summed E-state index contributed by atoms with van der Waals surface area (Å²) >= 11 is 0. The van der Waals surface area contributed by atoms with Gasteiger partial charge in [-0.05, 0) is 38.0 Å². The van der Waals surface area contributed by atoms with Crippen LogP contribution in [-0.2, 0) is 14.4 Å². The first-order chi connectivity index (χ1) is 13.6. The van der Waals surface area contributed by atoms with Crippen molar-refractivity contribution in [2.24, 2.45) is 0 Å². The van der Waals surface area contributed by atoms with Gasteiger partial charge in [-0.2, -0.15) is 18.0 Å². The van der Waals surface area contributed by atoms with Gasteiger partial charge in [-0.25, -0.2) is 4.79 Å². The molecule has 0 aliphatic carbocycles. The van der Waals surface area contributed by atoms with E-state index in [0.717, 1.165) is 18.1 Å². The molecule has 2 aliphatic rings. The molecule has 158 valence electrons. The SMILES string of the molecule is Cc1cc(C)c2c(c1)C=C(C(=O)OC(C)ON[N+](=O)N1CCC1)[C@@H](C(F)(F)F)O2. The smallest absolute Gasteiger partial charge is 0.430 e. The second kappa shape index (κ2) is 7.90. The van der Waals surface area contributed by atoms with Gasteiger partial charge in [0.05, 0.1) is 23.6 Å². The zero-order valence-electron chi connectivity index (χ0n) is 16.1. The predicted molar refractivity (Wildman–Crippen MR) is 94.0 cm³/mol. The number of hydrazine groups is 2. The van der Waals surface area contributed by atoms with Gasteiger partial charge < -0.3 is 9.47 Å². The summed E-state index contributed by atoms with van der Waals surface area (Å²) in [5, 5.41) is 1.38. The molecule has 8 nitrogen and oxygen atoms in total. The Kier molecular flexibility index (Phi) is 5.69. The highest BCUT2D eigenvalue weighted by Gasteiger charge is 2.49. The van der Waals surface area contributed by atoms with Gasteiger partial charge in [-0.15, -0.1) is 5.01 Å². The summed E-state index contributed by atoms with van der Waals surface area (Å²) in [6.07, 6.45) is -6.65. The van der Waals surface area contributed by atoms with Crippen LogP contribution in [-0.4, -0.2) is 47.6 Å². The maximum Gasteiger partial charge on any atom is 0.430 e. The van der Waals surface area contributed by atoms with E-state index in [2.05, 4.69) is 0 Å². The van der Waals surface area contributed by atoms with Gasteiger partial charge in [-0.3, -0.25) is 0 Å². The number of nitrogens with one attached hydrogen (secondary N) is 1. The van der Waals surface area contributed by atoms with Crippen LogP contribution in [0, 0.1) is 18.8 Å². The molecule has 0 radical (unpaired) electrons. The van der Waals surface area contributed by atoms with E-state index >= 15 is 0 Å². The fourth-order valence-electron chi connectivity index (χ4n) is 2.99. The van der Waals surface area contributed by atoms with Gasteiger partial charge in [-0.1, -0.05) is 11.6 Å². The van der Waals surface area contributed by atoms with Crippen molar-refractivity contribution in [1.29, 1.82) is 0 Å². The number of carbonyl (C=O) groups is 1. The van der Waals surface area contributed by atoms with Crippen molar-refractivity contribution in [3.8, 4) is 5.75 Å². The van der Waals surface area contributed by atoms with Crippen LogP contribution in [0.15, 0.2) is 17.7 Å². The lowest BCUT2D eigenvalue weighted by Gasteiger charge is -2.29. The number of nitrogens with zero attached hydrogens (tertiary/aromatic N) is 2. The maximum atomic E-state index is 13.5. The van der Waals surface area contributed by atoms with E-state index in [4.69, 9.17) is 14.3 Å². The normalized spacial score (nSPS) is 19.3. The summed E-state index contributed by atoms with van der Waals surface area (Å²) in [4.78, 5) is 29.2. The average Bonchev–Trinajstić information content (AvgIpc) is 2.56. The lowest BCUT2D eigenvalue weighted by Crippen LogP contribution is -2.50. The highest BCUT2D eigenvalue weighted by molar-refractivity contribution is 5.96. The number of rotatable bonds is 6. The Morgan fingerprint density at radius 3 is 2.62 bits per heavy atom. The molecule has 3 rings (SSSR count). The third-order valence-electron chi connectivity index (χ3n) is 4.47. The highest BCUT2D eigenvalue weighted by Crippen LogP contribution is 2.39. The maximum absolute atomic E-state index is 13.5. The Bertz CT molecular complexity index is 852. The second-order valence-corrected chi connectivity index (χ2v) is 6.90. The van der Waals surface area contributed by atoms with Crippen molar-refractivity contribution in [2.45, 2.75) is 45.8 Å². The molecule has 2 aliphatic heterocycles. The fourth-order valence-corrected chi connectivity index (χ4v) is 2.99. The molecule has 1 aromatic rings. The van der Waals surface area contributed by atoms with Crippen molar-refractivity contribution < 1.29 is 37.3 Å². The van der Waals surface area contributed by atoms with Crippen LogP contribution in [0.5, 0.6) is 5.75 Å². The molecule has 2 heterocycles. The summed E-state index contributed by atoms with van der Waals surface area (Å²) in [5.74, 6) is -1.19. The summed E-state index contributed by atoms with van der Waals surface area (Å²) in [7, 11) is 0. The minimum atomic E-state index is -4.83. The Labute approximate surface area is 164 Å². The van der Waals surface area contributed by atoms with Gasteiger partial charge in [0, 0.05) is 18.1 Å².